The molecule has 4 heteroatoms. The highest BCUT2D eigenvalue weighted by atomic mass is 127. The van der Waals surface area contributed by atoms with Crippen LogP contribution in [0.1, 0.15) is 43.0 Å². The molecule has 1 fully saturated rings. The van der Waals surface area contributed by atoms with Crippen LogP contribution < -0.4 is 5.32 Å². The maximum absolute atomic E-state index is 12.2. The number of nitrogens with one attached hydrogen (secondary N) is 1. The summed E-state index contributed by atoms with van der Waals surface area (Å²) in [4.78, 5) is 12.2. The monoisotopic (exact) mass is 359 g/mol. The summed E-state index contributed by atoms with van der Waals surface area (Å²) in [7, 11) is 0. The molecule has 0 heterocycles. The molecule has 0 spiro atoms. The molecule has 1 aliphatic carbocycles. The van der Waals surface area contributed by atoms with Crippen LogP contribution in [0.3, 0.4) is 0 Å². The lowest BCUT2D eigenvalue weighted by Crippen LogP contribution is -2.41. The van der Waals surface area contributed by atoms with E-state index in [1.54, 1.807) is 18.2 Å². The SMILES string of the molecule is CC1CCCCC1NC(=O)c1cc(I)ccc1O. The summed E-state index contributed by atoms with van der Waals surface area (Å²) in [6.45, 7) is 2.18. The Balaban J connectivity index is 2.09. The van der Waals surface area contributed by atoms with Crippen LogP contribution in [0.25, 0.3) is 0 Å². The van der Waals surface area contributed by atoms with E-state index in [1.165, 1.54) is 19.3 Å². The molecule has 3 nitrogen and oxygen atoms in total. The Morgan fingerprint density at radius 2 is 2.11 bits per heavy atom. The Morgan fingerprint density at radius 1 is 1.39 bits per heavy atom. The predicted molar refractivity (Wildman–Crippen MR) is 79.7 cm³/mol. The van der Waals surface area contributed by atoms with Crippen LogP contribution in [-0.4, -0.2) is 17.1 Å². The highest BCUT2D eigenvalue weighted by Gasteiger charge is 2.24. The number of hydrogen-bond acceptors (Lipinski definition) is 2. The number of rotatable bonds is 2. The van der Waals surface area contributed by atoms with Gasteiger partial charge in [0.25, 0.3) is 5.91 Å². The third-order valence-electron chi connectivity index (χ3n) is 3.63. The quantitative estimate of drug-likeness (QED) is 0.796. The lowest BCUT2D eigenvalue weighted by atomic mass is 9.86. The number of amides is 1. The van der Waals surface area contributed by atoms with Gasteiger partial charge in [0.05, 0.1) is 5.56 Å². The average Bonchev–Trinajstić information content (AvgIpc) is 2.35. The minimum atomic E-state index is -0.162. The van der Waals surface area contributed by atoms with Crippen molar-refractivity contribution in [3.05, 3.63) is 27.3 Å². The molecule has 98 valence electrons. The molecule has 2 rings (SSSR count). The molecule has 1 aromatic carbocycles. The van der Waals surface area contributed by atoms with E-state index in [-0.39, 0.29) is 17.7 Å². The minimum Gasteiger partial charge on any atom is -0.507 e. The highest BCUT2D eigenvalue weighted by molar-refractivity contribution is 14.1. The summed E-state index contributed by atoms with van der Waals surface area (Å²) >= 11 is 2.14. The van der Waals surface area contributed by atoms with Gasteiger partial charge < -0.3 is 10.4 Å². The molecule has 1 aliphatic rings. The van der Waals surface area contributed by atoms with Gasteiger partial charge in [-0.3, -0.25) is 4.79 Å². The summed E-state index contributed by atoms with van der Waals surface area (Å²) < 4.78 is 0.951. The highest BCUT2D eigenvalue weighted by Crippen LogP contribution is 2.25. The average molecular weight is 359 g/mol. The molecule has 0 aliphatic heterocycles. The van der Waals surface area contributed by atoms with Gasteiger partial charge in [0.15, 0.2) is 0 Å². The van der Waals surface area contributed by atoms with Crippen molar-refractivity contribution in [2.75, 3.05) is 0 Å². The second-order valence-corrected chi connectivity index (χ2v) is 6.25. The number of benzene rings is 1. The predicted octanol–water partition coefficient (Wildman–Crippen LogP) is 3.31. The first-order chi connectivity index (χ1) is 8.58. The largest absolute Gasteiger partial charge is 0.507 e. The van der Waals surface area contributed by atoms with Gasteiger partial charge in [0.2, 0.25) is 0 Å². The third kappa shape index (κ3) is 3.16. The smallest absolute Gasteiger partial charge is 0.255 e. The standard InChI is InChI=1S/C14H18INO2/c1-9-4-2-3-5-12(9)16-14(18)11-8-10(15)6-7-13(11)17/h6-9,12,17H,2-5H2,1H3,(H,16,18). The zero-order valence-electron chi connectivity index (χ0n) is 10.4. The number of carbonyl (C=O) groups excluding carboxylic acids is 1. The normalized spacial score (nSPS) is 23.7. The maximum Gasteiger partial charge on any atom is 0.255 e. The zero-order chi connectivity index (χ0) is 13.1. The minimum absolute atomic E-state index is 0.0522. The van der Waals surface area contributed by atoms with Gasteiger partial charge >= 0.3 is 0 Å². The number of halogens is 1. The summed E-state index contributed by atoms with van der Waals surface area (Å²) in [6, 6.07) is 5.32. The van der Waals surface area contributed by atoms with Crippen molar-refractivity contribution >= 4 is 28.5 Å². The van der Waals surface area contributed by atoms with Crippen molar-refractivity contribution in [1.29, 1.82) is 0 Å². The number of hydrogen-bond donors (Lipinski definition) is 2. The van der Waals surface area contributed by atoms with Crippen molar-refractivity contribution in [3.8, 4) is 5.75 Å². The number of phenols is 1. The van der Waals surface area contributed by atoms with Gasteiger partial charge in [-0.15, -0.1) is 0 Å². The fourth-order valence-electron chi connectivity index (χ4n) is 2.47. The third-order valence-corrected chi connectivity index (χ3v) is 4.30. The first-order valence-corrected chi connectivity index (χ1v) is 7.45. The lowest BCUT2D eigenvalue weighted by molar-refractivity contribution is 0.0907. The van der Waals surface area contributed by atoms with Gasteiger partial charge in [-0.05, 0) is 59.5 Å². The first kappa shape index (κ1) is 13.6. The van der Waals surface area contributed by atoms with Gasteiger partial charge in [-0.2, -0.15) is 0 Å². The number of aromatic hydroxyl groups is 1. The van der Waals surface area contributed by atoms with Crippen molar-refractivity contribution < 1.29 is 9.90 Å². The van der Waals surface area contributed by atoms with Crippen molar-refractivity contribution in [2.24, 2.45) is 5.92 Å². The van der Waals surface area contributed by atoms with E-state index in [0.29, 0.717) is 11.5 Å². The van der Waals surface area contributed by atoms with Crippen LogP contribution in [0.15, 0.2) is 18.2 Å². The van der Waals surface area contributed by atoms with Crippen LogP contribution >= 0.6 is 22.6 Å². The lowest BCUT2D eigenvalue weighted by Gasteiger charge is -2.29. The van der Waals surface area contributed by atoms with E-state index in [2.05, 4.69) is 34.8 Å². The molecule has 2 N–H and O–H groups in total. The molecule has 18 heavy (non-hydrogen) atoms. The molecule has 0 saturated heterocycles. The molecule has 0 bridgehead atoms. The van der Waals surface area contributed by atoms with E-state index in [4.69, 9.17) is 0 Å². The topological polar surface area (TPSA) is 49.3 Å². The van der Waals surface area contributed by atoms with E-state index < -0.39 is 0 Å². The Morgan fingerprint density at radius 3 is 2.83 bits per heavy atom. The Bertz CT molecular complexity index is 447. The molecular weight excluding hydrogens is 341 g/mol. The Labute approximate surface area is 121 Å². The fraction of sp³-hybridized carbons (Fsp3) is 0.500. The Kier molecular flexibility index (Phi) is 4.48. The summed E-state index contributed by atoms with van der Waals surface area (Å²) in [5.74, 6) is 0.411. The molecule has 2 atom stereocenters. The van der Waals surface area contributed by atoms with Crippen molar-refractivity contribution in [3.63, 3.8) is 0 Å². The van der Waals surface area contributed by atoms with Crippen LogP contribution in [0.2, 0.25) is 0 Å². The molecular formula is C14H18INO2. The molecule has 1 aromatic rings. The van der Waals surface area contributed by atoms with E-state index in [1.807, 2.05) is 0 Å². The Hall–Kier alpha value is -0.780. The van der Waals surface area contributed by atoms with E-state index >= 15 is 0 Å². The van der Waals surface area contributed by atoms with Crippen molar-refractivity contribution in [1.82, 2.24) is 5.32 Å². The molecule has 1 amide bonds. The summed E-state index contributed by atoms with van der Waals surface area (Å²) in [5, 5.41) is 12.8. The van der Waals surface area contributed by atoms with Gasteiger partial charge in [-0.1, -0.05) is 19.8 Å². The zero-order valence-corrected chi connectivity index (χ0v) is 12.6. The molecule has 0 aromatic heterocycles. The van der Waals surface area contributed by atoms with Crippen LogP contribution in [0, 0.1) is 9.49 Å². The first-order valence-electron chi connectivity index (χ1n) is 6.37. The van der Waals surface area contributed by atoms with Crippen LogP contribution in [-0.2, 0) is 0 Å². The summed E-state index contributed by atoms with van der Waals surface area (Å²) in [6.07, 6.45) is 4.64. The fourth-order valence-corrected chi connectivity index (χ4v) is 2.96. The van der Waals surface area contributed by atoms with Gasteiger partial charge in [-0.25, -0.2) is 0 Å². The van der Waals surface area contributed by atoms with E-state index in [9.17, 15) is 9.90 Å². The van der Waals surface area contributed by atoms with Crippen LogP contribution in [0.5, 0.6) is 5.75 Å². The second kappa shape index (κ2) is 5.91. The second-order valence-electron chi connectivity index (χ2n) is 5.00. The molecule has 1 saturated carbocycles. The molecule has 2 unspecified atom stereocenters. The van der Waals surface area contributed by atoms with E-state index in [0.717, 1.165) is 9.99 Å². The van der Waals surface area contributed by atoms with Gasteiger partial charge in [0.1, 0.15) is 5.75 Å². The number of carbonyl (C=O) groups is 1. The maximum atomic E-state index is 12.2. The van der Waals surface area contributed by atoms with Gasteiger partial charge in [0, 0.05) is 9.61 Å². The summed E-state index contributed by atoms with van der Waals surface area (Å²) in [5.41, 5.74) is 0.375. The molecule has 0 radical (unpaired) electrons. The van der Waals surface area contributed by atoms with Crippen molar-refractivity contribution in [2.45, 2.75) is 38.6 Å². The van der Waals surface area contributed by atoms with Crippen LogP contribution in [0.4, 0.5) is 0 Å². The number of phenolic OH excluding ortho intramolecular Hbond substituents is 1.